The Hall–Kier alpha value is -0.160. The number of nitrogens with one attached hydrogen (secondary N) is 1. The van der Waals surface area contributed by atoms with Gasteiger partial charge in [-0.25, -0.2) is 0 Å². The molecule has 1 fully saturated rings. The number of nitrogens with zero attached hydrogens (tertiary/aromatic N) is 1. The molecule has 0 aromatic heterocycles. The van der Waals surface area contributed by atoms with Crippen LogP contribution in [0, 0.1) is 0 Å². The molecule has 4 nitrogen and oxygen atoms in total. The second-order valence-electron chi connectivity index (χ2n) is 6.23. The number of rotatable bonds is 7. The van der Waals surface area contributed by atoms with Crippen molar-refractivity contribution in [1.29, 1.82) is 0 Å². The monoisotopic (exact) mass is 258 g/mol. The number of methoxy groups -OCH3 is 1. The van der Waals surface area contributed by atoms with E-state index >= 15 is 0 Å². The van der Waals surface area contributed by atoms with E-state index in [1.165, 1.54) is 0 Å². The van der Waals surface area contributed by atoms with E-state index in [2.05, 4.69) is 31.0 Å². The highest BCUT2D eigenvalue weighted by Crippen LogP contribution is 2.22. The molecule has 108 valence electrons. The second-order valence-corrected chi connectivity index (χ2v) is 6.23. The van der Waals surface area contributed by atoms with Crippen molar-refractivity contribution < 1.29 is 9.84 Å². The van der Waals surface area contributed by atoms with Crippen molar-refractivity contribution in [3.8, 4) is 0 Å². The summed E-state index contributed by atoms with van der Waals surface area (Å²) >= 11 is 0. The standard InChI is InChI=1S/C14H30N2O2/c1-6-15-12(13(2,3)18-5)7-9-16-10-8-14(4,17)11-16/h12,15,17H,6-11H2,1-5H3. The Balaban J connectivity index is 2.43. The van der Waals surface area contributed by atoms with E-state index in [9.17, 15) is 5.11 Å². The fraction of sp³-hybridized carbons (Fsp3) is 1.00. The van der Waals surface area contributed by atoms with E-state index in [0.717, 1.165) is 39.0 Å². The van der Waals surface area contributed by atoms with E-state index in [1.807, 2.05) is 6.92 Å². The topological polar surface area (TPSA) is 44.7 Å². The molecule has 0 bridgehead atoms. The van der Waals surface area contributed by atoms with Gasteiger partial charge in [0, 0.05) is 26.2 Å². The highest BCUT2D eigenvalue weighted by atomic mass is 16.5. The maximum atomic E-state index is 9.96. The van der Waals surface area contributed by atoms with E-state index in [4.69, 9.17) is 4.74 Å². The first kappa shape index (κ1) is 15.9. The zero-order chi connectivity index (χ0) is 13.8. The molecule has 1 aliphatic heterocycles. The third-order valence-corrected chi connectivity index (χ3v) is 4.08. The third kappa shape index (κ3) is 4.50. The van der Waals surface area contributed by atoms with E-state index in [-0.39, 0.29) is 5.60 Å². The van der Waals surface area contributed by atoms with Crippen LogP contribution in [0.3, 0.4) is 0 Å². The van der Waals surface area contributed by atoms with Crippen LogP contribution in [0.25, 0.3) is 0 Å². The molecule has 0 aromatic rings. The number of aliphatic hydroxyl groups is 1. The average molecular weight is 258 g/mol. The van der Waals surface area contributed by atoms with Crippen LogP contribution in [0.5, 0.6) is 0 Å². The summed E-state index contributed by atoms with van der Waals surface area (Å²) in [6.07, 6.45) is 1.93. The Kier molecular flexibility index (Phi) is 5.59. The molecule has 18 heavy (non-hydrogen) atoms. The Morgan fingerprint density at radius 1 is 1.50 bits per heavy atom. The molecule has 0 aliphatic carbocycles. The van der Waals surface area contributed by atoms with Crippen LogP contribution >= 0.6 is 0 Å². The van der Waals surface area contributed by atoms with Crippen LogP contribution in [0.1, 0.15) is 40.5 Å². The van der Waals surface area contributed by atoms with Crippen LogP contribution < -0.4 is 5.32 Å². The Morgan fingerprint density at radius 3 is 2.61 bits per heavy atom. The van der Waals surface area contributed by atoms with Crippen LogP contribution in [-0.4, -0.2) is 60.5 Å². The minimum Gasteiger partial charge on any atom is -0.389 e. The summed E-state index contributed by atoms with van der Waals surface area (Å²) in [7, 11) is 1.77. The summed E-state index contributed by atoms with van der Waals surface area (Å²) in [5, 5.41) is 13.5. The van der Waals surface area contributed by atoms with Crippen molar-refractivity contribution in [2.24, 2.45) is 0 Å². The van der Waals surface area contributed by atoms with Gasteiger partial charge in [-0.2, -0.15) is 0 Å². The molecule has 1 aliphatic rings. The molecule has 0 spiro atoms. The fourth-order valence-electron chi connectivity index (χ4n) is 2.63. The molecule has 2 atom stereocenters. The number of likely N-dealkylation sites (tertiary alicyclic amines) is 1. The largest absolute Gasteiger partial charge is 0.389 e. The molecule has 0 aromatic carbocycles. The van der Waals surface area contributed by atoms with Crippen LogP contribution in [0.4, 0.5) is 0 Å². The Labute approximate surface area is 112 Å². The number of hydrogen-bond acceptors (Lipinski definition) is 4. The fourth-order valence-corrected chi connectivity index (χ4v) is 2.63. The lowest BCUT2D eigenvalue weighted by molar-refractivity contribution is -0.0146. The predicted octanol–water partition coefficient (Wildman–Crippen LogP) is 1.24. The van der Waals surface area contributed by atoms with Gasteiger partial charge in [0.2, 0.25) is 0 Å². The molecule has 0 radical (unpaired) electrons. The van der Waals surface area contributed by atoms with Crippen LogP contribution in [0.15, 0.2) is 0 Å². The minimum absolute atomic E-state index is 0.155. The maximum absolute atomic E-state index is 9.96. The second kappa shape index (κ2) is 6.33. The Morgan fingerprint density at radius 2 is 2.17 bits per heavy atom. The maximum Gasteiger partial charge on any atom is 0.0775 e. The number of likely N-dealkylation sites (N-methyl/N-ethyl adjacent to an activating group) is 1. The highest BCUT2D eigenvalue weighted by Gasteiger charge is 2.33. The average Bonchev–Trinajstić information content (AvgIpc) is 2.64. The summed E-state index contributed by atoms with van der Waals surface area (Å²) in [5.41, 5.74) is -0.650. The molecule has 0 amide bonds. The number of β-amino-alcohol motifs (C(OH)–C–C–N with tert-alkyl or cyclic N) is 1. The summed E-state index contributed by atoms with van der Waals surface area (Å²) in [6.45, 7) is 12.1. The molecular formula is C14H30N2O2. The molecule has 4 heteroatoms. The van der Waals surface area contributed by atoms with Crippen LogP contribution in [-0.2, 0) is 4.74 Å². The summed E-state index contributed by atoms with van der Waals surface area (Å²) in [4.78, 5) is 2.34. The summed E-state index contributed by atoms with van der Waals surface area (Å²) in [6, 6.07) is 0.345. The zero-order valence-electron chi connectivity index (χ0n) is 12.6. The number of hydrogen-bond donors (Lipinski definition) is 2. The van der Waals surface area contributed by atoms with Crippen molar-refractivity contribution >= 4 is 0 Å². The first-order valence-corrected chi connectivity index (χ1v) is 7.04. The lowest BCUT2D eigenvalue weighted by Gasteiger charge is -2.35. The lowest BCUT2D eigenvalue weighted by atomic mass is 9.95. The van der Waals surface area contributed by atoms with E-state index in [1.54, 1.807) is 7.11 Å². The van der Waals surface area contributed by atoms with Crippen LogP contribution in [0.2, 0.25) is 0 Å². The van der Waals surface area contributed by atoms with Gasteiger partial charge in [0.15, 0.2) is 0 Å². The molecule has 0 saturated carbocycles. The highest BCUT2D eigenvalue weighted by molar-refractivity contribution is 4.89. The smallest absolute Gasteiger partial charge is 0.0775 e. The SMILES string of the molecule is CCNC(CCN1CCC(C)(O)C1)C(C)(C)OC. The summed E-state index contributed by atoms with van der Waals surface area (Å²) in [5.74, 6) is 0. The first-order chi connectivity index (χ1) is 8.30. The quantitative estimate of drug-likeness (QED) is 0.721. The summed E-state index contributed by atoms with van der Waals surface area (Å²) < 4.78 is 5.58. The number of ether oxygens (including phenoxy) is 1. The first-order valence-electron chi connectivity index (χ1n) is 7.04. The molecule has 1 saturated heterocycles. The van der Waals surface area contributed by atoms with E-state index in [0.29, 0.717) is 6.04 Å². The molecule has 1 rings (SSSR count). The normalized spacial score (nSPS) is 27.7. The Bertz CT molecular complexity index is 254. The predicted molar refractivity (Wildman–Crippen MR) is 74.9 cm³/mol. The third-order valence-electron chi connectivity index (χ3n) is 4.08. The van der Waals surface area contributed by atoms with Crippen molar-refractivity contribution in [3.63, 3.8) is 0 Å². The molecule has 2 N–H and O–H groups in total. The zero-order valence-corrected chi connectivity index (χ0v) is 12.6. The molecular weight excluding hydrogens is 228 g/mol. The van der Waals surface area contributed by atoms with Gasteiger partial charge >= 0.3 is 0 Å². The van der Waals surface area contributed by atoms with Crippen molar-refractivity contribution in [2.45, 2.75) is 57.8 Å². The van der Waals surface area contributed by atoms with Crippen molar-refractivity contribution in [1.82, 2.24) is 10.2 Å². The molecule has 1 heterocycles. The van der Waals surface area contributed by atoms with Gasteiger partial charge in [0.05, 0.1) is 11.2 Å². The van der Waals surface area contributed by atoms with Gasteiger partial charge in [0.25, 0.3) is 0 Å². The van der Waals surface area contributed by atoms with Gasteiger partial charge in [-0.3, -0.25) is 0 Å². The van der Waals surface area contributed by atoms with Gasteiger partial charge in [-0.15, -0.1) is 0 Å². The minimum atomic E-state index is -0.496. The van der Waals surface area contributed by atoms with Crippen molar-refractivity contribution in [3.05, 3.63) is 0 Å². The molecule has 2 unspecified atom stereocenters. The van der Waals surface area contributed by atoms with Crippen molar-refractivity contribution in [2.75, 3.05) is 33.3 Å². The van der Waals surface area contributed by atoms with Gasteiger partial charge in [-0.1, -0.05) is 6.92 Å². The van der Waals surface area contributed by atoms with E-state index < -0.39 is 5.60 Å². The van der Waals surface area contributed by atoms with Gasteiger partial charge < -0.3 is 20.1 Å². The lowest BCUT2D eigenvalue weighted by Crippen LogP contribution is -2.49. The van der Waals surface area contributed by atoms with Gasteiger partial charge in [-0.05, 0) is 46.7 Å². The van der Waals surface area contributed by atoms with Gasteiger partial charge in [0.1, 0.15) is 0 Å².